The van der Waals surface area contributed by atoms with Crippen molar-refractivity contribution in [1.82, 2.24) is 4.98 Å². The van der Waals surface area contributed by atoms with Crippen LogP contribution in [0.25, 0.3) is 32.9 Å². The first kappa shape index (κ1) is 16.6. The van der Waals surface area contributed by atoms with Crippen LogP contribution in [0.3, 0.4) is 0 Å². The van der Waals surface area contributed by atoms with Crippen LogP contribution in [0.4, 0.5) is 0 Å². The van der Waals surface area contributed by atoms with Crippen LogP contribution in [0, 0.1) is 0 Å². The fourth-order valence-electron chi connectivity index (χ4n) is 4.04. The third-order valence-electron chi connectivity index (χ3n) is 5.37. The molecule has 0 aliphatic heterocycles. The standard InChI is InChI=1S/C26H21NO/c1-28-21-14-11-19(12-15-21)25-20(17-18-7-3-2-4-8-18)13-16-24-26(25)22-9-5-6-10-23(22)27-24/h2-16,27H,17H2,1H3. The van der Waals surface area contributed by atoms with Crippen molar-refractivity contribution in [3.05, 3.63) is 102 Å². The van der Waals surface area contributed by atoms with Gasteiger partial charge < -0.3 is 9.72 Å². The number of rotatable bonds is 4. The molecule has 0 aliphatic rings. The first-order chi connectivity index (χ1) is 13.8. The molecule has 0 saturated carbocycles. The molecule has 0 aliphatic carbocycles. The van der Waals surface area contributed by atoms with Gasteiger partial charge in [-0.1, -0.05) is 66.7 Å². The summed E-state index contributed by atoms with van der Waals surface area (Å²) >= 11 is 0. The molecule has 28 heavy (non-hydrogen) atoms. The van der Waals surface area contributed by atoms with Crippen LogP contribution in [0.5, 0.6) is 5.75 Å². The number of fused-ring (bicyclic) bond motifs is 3. The van der Waals surface area contributed by atoms with Gasteiger partial charge >= 0.3 is 0 Å². The highest BCUT2D eigenvalue weighted by Crippen LogP contribution is 2.38. The van der Waals surface area contributed by atoms with E-state index in [2.05, 4.69) is 83.8 Å². The van der Waals surface area contributed by atoms with Gasteiger partial charge in [0.15, 0.2) is 0 Å². The molecule has 5 rings (SSSR count). The van der Waals surface area contributed by atoms with Crippen molar-refractivity contribution in [3.8, 4) is 16.9 Å². The molecule has 0 amide bonds. The van der Waals surface area contributed by atoms with Crippen LogP contribution in [0.1, 0.15) is 11.1 Å². The van der Waals surface area contributed by atoms with Crippen molar-refractivity contribution >= 4 is 21.8 Å². The SMILES string of the molecule is COc1ccc(-c2c(Cc3ccccc3)ccc3[nH]c4ccccc4c23)cc1. The summed E-state index contributed by atoms with van der Waals surface area (Å²) in [6, 6.07) is 32.0. The summed E-state index contributed by atoms with van der Waals surface area (Å²) in [5.74, 6) is 0.875. The molecule has 2 nitrogen and oxygen atoms in total. The van der Waals surface area contributed by atoms with Gasteiger partial charge in [0, 0.05) is 21.8 Å². The van der Waals surface area contributed by atoms with Crippen LogP contribution in [0.15, 0.2) is 91.0 Å². The van der Waals surface area contributed by atoms with E-state index in [1.807, 2.05) is 12.1 Å². The maximum Gasteiger partial charge on any atom is 0.118 e. The lowest BCUT2D eigenvalue weighted by atomic mass is 9.91. The summed E-state index contributed by atoms with van der Waals surface area (Å²) in [7, 11) is 1.70. The Balaban J connectivity index is 1.79. The minimum atomic E-state index is 0.875. The van der Waals surface area contributed by atoms with Crippen molar-refractivity contribution in [2.75, 3.05) is 7.11 Å². The fraction of sp³-hybridized carbons (Fsp3) is 0.0769. The van der Waals surface area contributed by atoms with E-state index < -0.39 is 0 Å². The molecular formula is C26H21NO. The average molecular weight is 363 g/mol. The van der Waals surface area contributed by atoms with Gasteiger partial charge in [-0.3, -0.25) is 0 Å². The summed E-state index contributed by atoms with van der Waals surface area (Å²) in [5.41, 5.74) is 7.49. The van der Waals surface area contributed by atoms with Gasteiger partial charge in [-0.2, -0.15) is 0 Å². The zero-order valence-electron chi connectivity index (χ0n) is 15.8. The average Bonchev–Trinajstić information content (AvgIpc) is 3.13. The lowest BCUT2D eigenvalue weighted by Crippen LogP contribution is -1.94. The lowest BCUT2D eigenvalue weighted by molar-refractivity contribution is 0.415. The number of hydrogen-bond acceptors (Lipinski definition) is 1. The predicted molar refractivity (Wildman–Crippen MR) is 117 cm³/mol. The van der Waals surface area contributed by atoms with Gasteiger partial charge in [0.05, 0.1) is 7.11 Å². The van der Waals surface area contributed by atoms with Gasteiger partial charge in [-0.15, -0.1) is 0 Å². The van der Waals surface area contributed by atoms with Crippen LogP contribution >= 0.6 is 0 Å². The zero-order chi connectivity index (χ0) is 18.9. The molecule has 136 valence electrons. The predicted octanol–water partition coefficient (Wildman–Crippen LogP) is 6.59. The highest BCUT2D eigenvalue weighted by atomic mass is 16.5. The Morgan fingerprint density at radius 3 is 2.25 bits per heavy atom. The topological polar surface area (TPSA) is 25.0 Å². The summed E-state index contributed by atoms with van der Waals surface area (Å²) < 4.78 is 5.37. The van der Waals surface area contributed by atoms with E-state index in [1.165, 1.54) is 44.1 Å². The molecule has 1 N–H and O–H groups in total. The molecular weight excluding hydrogens is 342 g/mol. The van der Waals surface area contributed by atoms with Gasteiger partial charge in [-0.05, 0) is 52.9 Å². The van der Waals surface area contributed by atoms with Crippen LogP contribution in [0.2, 0.25) is 0 Å². The summed E-state index contributed by atoms with van der Waals surface area (Å²) in [4.78, 5) is 3.58. The molecule has 0 saturated heterocycles. The second-order valence-electron chi connectivity index (χ2n) is 7.08. The molecule has 0 unspecified atom stereocenters. The van der Waals surface area contributed by atoms with Crippen LogP contribution in [-0.2, 0) is 6.42 Å². The molecule has 1 aromatic heterocycles. The Morgan fingerprint density at radius 2 is 1.46 bits per heavy atom. The zero-order valence-corrected chi connectivity index (χ0v) is 15.8. The second-order valence-corrected chi connectivity index (χ2v) is 7.08. The van der Waals surface area contributed by atoms with Gasteiger partial charge in [0.25, 0.3) is 0 Å². The van der Waals surface area contributed by atoms with Gasteiger partial charge in [0.2, 0.25) is 0 Å². The minimum absolute atomic E-state index is 0.875. The molecule has 0 radical (unpaired) electrons. The maximum absolute atomic E-state index is 5.37. The smallest absolute Gasteiger partial charge is 0.118 e. The van der Waals surface area contributed by atoms with E-state index in [1.54, 1.807) is 7.11 Å². The Bertz CT molecular complexity index is 1250. The number of benzene rings is 4. The normalized spacial score (nSPS) is 11.2. The molecule has 2 heteroatoms. The fourth-order valence-corrected chi connectivity index (χ4v) is 4.04. The minimum Gasteiger partial charge on any atom is -0.497 e. The molecule has 5 aromatic rings. The Kier molecular flexibility index (Phi) is 4.10. The van der Waals surface area contributed by atoms with Crippen LogP contribution in [-0.4, -0.2) is 12.1 Å². The molecule has 1 heterocycles. The van der Waals surface area contributed by atoms with Crippen molar-refractivity contribution in [3.63, 3.8) is 0 Å². The van der Waals surface area contributed by atoms with Crippen molar-refractivity contribution in [2.24, 2.45) is 0 Å². The number of aromatic nitrogens is 1. The molecule has 0 fully saturated rings. The molecule has 0 atom stereocenters. The second kappa shape index (κ2) is 6.90. The van der Waals surface area contributed by atoms with E-state index in [4.69, 9.17) is 4.74 Å². The number of aromatic amines is 1. The number of H-pyrrole nitrogens is 1. The first-order valence-corrected chi connectivity index (χ1v) is 9.54. The van der Waals surface area contributed by atoms with Gasteiger partial charge in [0.1, 0.15) is 5.75 Å². The van der Waals surface area contributed by atoms with E-state index in [-0.39, 0.29) is 0 Å². The number of nitrogens with one attached hydrogen (secondary N) is 1. The highest BCUT2D eigenvalue weighted by Gasteiger charge is 2.15. The maximum atomic E-state index is 5.37. The third-order valence-corrected chi connectivity index (χ3v) is 5.37. The first-order valence-electron chi connectivity index (χ1n) is 9.54. The Hall–Kier alpha value is -3.52. The Labute approximate surface area is 164 Å². The summed E-state index contributed by atoms with van der Waals surface area (Å²) in [6.45, 7) is 0. The molecule has 0 spiro atoms. The summed E-state index contributed by atoms with van der Waals surface area (Å²) in [5, 5.41) is 2.55. The number of methoxy groups -OCH3 is 1. The molecule has 4 aromatic carbocycles. The van der Waals surface area contributed by atoms with Crippen LogP contribution < -0.4 is 4.74 Å². The number of ether oxygens (including phenoxy) is 1. The van der Waals surface area contributed by atoms with E-state index in [0.717, 1.165) is 12.2 Å². The van der Waals surface area contributed by atoms with E-state index in [9.17, 15) is 0 Å². The molecule has 0 bridgehead atoms. The summed E-state index contributed by atoms with van der Waals surface area (Å²) in [6.07, 6.45) is 0.900. The quantitative estimate of drug-likeness (QED) is 0.383. The largest absolute Gasteiger partial charge is 0.497 e. The van der Waals surface area contributed by atoms with E-state index >= 15 is 0 Å². The van der Waals surface area contributed by atoms with E-state index in [0.29, 0.717) is 0 Å². The number of para-hydroxylation sites is 1. The van der Waals surface area contributed by atoms with Crippen molar-refractivity contribution in [1.29, 1.82) is 0 Å². The highest BCUT2D eigenvalue weighted by molar-refractivity contribution is 6.15. The lowest BCUT2D eigenvalue weighted by Gasteiger charge is -2.13. The monoisotopic (exact) mass is 363 g/mol. The van der Waals surface area contributed by atoms with Crippen molar-refractivity contribution < 1.29 is 4.74 Å². The van der Waals surface area contributed by atoms with Crippen molar-refractivity contribution in [2.45, 2.75) is 6.42 Å². The van der Waals surface area contributed by atoms with Gasteiger partial charge in [-0.25, -0.2) is 0 Å². The number of hydrogen-bond donors (Lipinski definition) is 1. The third kappa shape index (κ3) is 2.84. The Morgan fingerprint density at radius 1 is 0.714 bits per heavy atom.